The van der Waals surface area contributed by atoms with Crippen LogP contribution in [0.15, 0.2) is 54.6 Å². The number of para-hydroxylation sites is 2. The predicted octanol–water partition coefficient (Wildman–Crippen LogP) is 3.71. The van der Waals surface area contributed by atoms with Crippen LogP contribution in [-0.4, -0.2) is 42.0 Å². The Labute approximate surface area is 170 Å². The fraction of sp³-hybridized carbons (Fsp3) is 0.409. The molecular weight excluding hydrogens is 370 g/mol. The first-order valence-electron chi connectivity index (χ1n) is 10.1. The number of hydrogen-bond acceptors (Lipinski definition) is 5. The normalized spacial score (nSPS) is 15.0. The maximum atomic E-state index is 12.3. The lowest BCUT2D eigenvalue weighted by Gasteiger charge is -2.28. The number of nitrogens with one attached hydrogen (secondary N) is 1. The number of benzene rings is 2. The zero-order valence-corrected chi connectivity index (χ0v) is 16.5. The highest BCUT2D eigenvalue weighted by Crippen LogP contribution is 2.26. The SMILES string of the molecule is O=C(CCCOc1ccccc1[N+](=O)[O-])NCC(c1ccccc1)N1CCCC1. The minimum atomic E-state index is -0.468. The van der Waals surface area contributed by atoms with Gasteiger partial charge in [0.15, 0.2) is 5.75 Å². The summed E-state index contributed by atoms with van der Waals surface area (Å²) < 4.78 is 5.50. The molecule has 29 heavy (non-hydrogen) atoms. The summed E-state index contributed by atoms with van der Waals surface area (Å²) in [7, 11) is 0. The molecule has 1 heterocycles. The number of nitro benzene ring substituents is 1. The van der Waals surface area contributed by atoms with Crippen LogP contribution >= 0.6 is 0 Å². The van der Waals surface area contributed by atoms with Gasteiger partial charge < -0.3 is 10.1 Å². The topological polar surface area (TPSA) is 84.7 Å². The molecule has 2 aromatic carbocycles. The van der Waals surface area contributed by atoms with Crippen LogP contribution in [0, 0.1) is 10.1 Å². The lowest BCUT2D eigenvalue weighted by molar-refractivity contribution is -0.385. The summed E-state index contributed by atoms with van der Waals surface area (Å²) in [5.74, 6) is 0.201. The minimum absolute atomic E-state index is 0.0312. The van der Waals surface area contributed by atoms with Crippen molar-refractivity contribution in [3.8, 4) is 5.75 Å². The zero-order valence-electron chi connectivity index (χ0n) is 16.5. The molecule has 0 bridgehead atoms. The van der Waals surface area contributed by atoms with Crippen LogP contribution in [0.25, 0.3) is 0 Å². The number of rotatable bonds is 10. The summed E-state index contributed by atoms with van der Waals surface area (Å²) in [6.07, 6.45) is 3.21. The third kappa shape index (κ3) is 6.02. The Hall–Kier alpha value is -2.93. The Morgan fingerprint density at radius 3 is 2.52 bits per heavy atom. The predicted molar refractivity (Wildman–Crippen MR) is 111 cm³/mol. The number of amides is 1. The molecule has 1 aliphatic heterocycles. The second kappa shape index (κ2) is 10.6. The van der Waals surface area contributed by atoms with Crippen LogP contribution in [0.5, 0.6) is 5.75 Å². The molecule has 0 aromatic heterocycles. The van der Waals surface area contributed by atoms with Crippen LogP contribution in [0.2, 0.25) is 0 Å². The molecule has 0 saturated carbocycles. The number of ether oxygens (including phenoxy) is 1. The lowest BCUT2D eigenvalue weighted by Crippen LogP contribution is -2.36. The molecule has 1 amide bonds. The summed E-state index contributed by atoms with van der Waals surface area (Å²) in [5, 5.41) is 14.0. The van der Waals surface area contributed by atoms with Crippen molar-refractivity contribution in [2.75, 3.05) is 26.2 Å². The maximum Gasteiger partial charge on any atom is 0.310 e. The van der Waals surface area contributed by atoms with Gasteiger partial charge in [-0.1, -0.05) is 42.5 Å². The van der Waals surface area contributed by atoms with Crippen molar-refractivity contribution < 1.29 is 14.5 Å². The molecule has 1 unspecified atom stereocenters. The van der Waals surface area contributed by atoms with E-state index >= 15 is 0 Å². The van der Waals surface area contributed by atoms with Crippen LogP contribution in [0.1, 0.15) is 37.3 Å². The maximum absolute atomic E-state index is 12.3. The van der Waals surface area contributed by atoms with Crippen molar-refractivity contribution in [3.63, 3.8) is 0 Å². The third-order valence-electron chi connectivity index (χ3n) is 5.13. The third-order valence-corrected chi connectivity index (χ3v) is 5.13. The molecule has 0 aliphatic carbocycles. The van der Waals surface area contributed by atoms with Gasteiger partial charge in [0.05, 0.1) is 17.6 Å². The van der Waals surface area contributed by atoms with E-state index in [4.69, 9.17) is 4.74 Å². The second-order valence-corrected chi connectivity index (χ2v) is 7.15. The summed E-state index contributed by atoms with van der Waals surface area (Å²) in [4.78, 5) is 25.2. The molecule has 7 heteroatoms. The van der Waals surface area contributed by atoms with Crippen molar-refractivity contribution in [2.24, 2.45) is 0 Å². The number of carbonyl (C=O) groups excluding carboxylic acids is 1. The molecule has 3 rings (SSSR count). The van der Waals surface area contributed by atoms with Crippen LogP contribution in [-0.2, 0) is 4.79 Å². The van der Waals surface area contributed by atoms with Crippen molar-refractivity contribution in [2.45, 2.75) is 31.7 Å². The van der Waals surface area contributed by atoms with Crippen LogP contribution in [0.4, 0.5) is 5.69 Å². The molecule has 0 radical (unpaired) electrons. The van der Waals surface area contributed by atoms with Gasteiger partial charge in [0.25, 0.3) is 0 Å². The minimum Gasteiger partial charge on any atom is -0.487 e. The highest BCUT2D eigenvalue weighted by atomic mass is 16.6. The van der Waals surface area contributed by atoms with Gasteiger partial charge in [0, 0.05) is 19.0 Å². The first kappa shape index (κ1) is 20.8. The van der Waals surface area contributed by atoms with E-state index in [0.29, 0.717) is 19.4 Å². The van der Waals surface area contributed by atoms with E-state index in [2.05, 4.69) is 22.3 Å². The molecule has 1 fully saturated rings. The van der Waals surface area contributed by atoms with Gasteiger partial charge in [-0.3, -0.25) is 19.8 Å². The molecule has 1 aliphatic rings. The molecule has 1 N–H and O–H groups in total. The Morgan fingerprint density at radius 2 is 1.79 bits per heavy atom. The van der Waals surface area contributed by atoms with Crippen molar-refractivity contribution in [3.05, 3.63) is 70.3 Å². The largest absolute Gasteiger partial charge is 0.487 e. The van der Waals surface area contributed by atoms with Gasteiger partial charge in [-0.25, -0.2) is 0 Å². The van der Waals surface area contributed by atoms with Gasteiger partial charge in [0.1, 0.15) is 0 Å². The van der Waals surface area contributed by atoms with Gasteiger partial charge >= 0.3 is 5.69 Å². The summed E-state index contributed by atoms with van der Waals surface area (Å²) >= 11 is 0. The number of carbonyl (C=O) groups is 1. The quantitative estimate of drug-likeness (QED) is 0.375. The number of nitrogens with zero attached hydrogens (tertiary/aromatic N) is 2. The number of hydrogen-bond donors (Lipinski definition) is 1. The monoisotopic (exact) mass is 397 g/mol. The van der Waals surface area contributed by atoms with Gasteiger partial charge in [0.2, 0.25) is 5.91 Å². The molecule has 2 aromatic rings. The Kier molecular flexibility index (Phi) is 7.58. The van der Waals surface area contributed by atoms with Gasteiger partial charge in [-0.15, -0.1) is 0 Å². The van der Waals surface area contributed by atoms with Crippen molar-refractivity contribution in [1.29, 1.82) is 0 Å². The first-order valence-corrected chi connectivity index (χ1v) is 10.1. The standard InChI is InChI=1S/C22H27N3O4/c26-22(13-8-16-29-21-12-5-4-11-19(21)25(27)28)23-17-20(24-14-6-7-15-24)18-9-2-1-3-10-18/h1-5,9-12,20H,6-8,13-17H2,(H,23,26). The summed E-state index contributed by atoms with van der Waals surface area (Å²) in [6, 6.07) is 16.7. The van der Waals surface area contributed by atoms with E-state index in [0.717, 1.165) is 13.1 Å². The smallest absolute Gasteiger partial charge is 0.310 e. The van der Waals surface area contributed by atoms with Gasteiger partial charge in [-0.2, -0.15) is 0 Å². The van der Waals surface area contributed by atoms with E-state index in [9.17, 15) is 14.9 Å². The van der Waals surface area contributed by atoms with E-state index < -0.39 is 4.92 Å². The second-order valence-electron chi connectivity index (χ2n) is 7.15. The molecule has 7 nitrogen and oxygen atoms in total. The number of nitro groups is 1. The Bertz CT molecular complexity index is 807. The van der Waals surface area contributed by atoms with Crippen LogP contribution in [0.3, 0.4) is 0 Å². The average molecular weight is 397 g/mol. The summed E-state index contributed by atoms with van der Waals surface area (Å²) in [5.41, 5.74) is 1.16. The fourth-order valence-corrected chi connectivity index (χ4v) is 3.63. The van der Waals surface area contributed by atoms with E-state index in [1.54, 1.807) is 18.2 Å². The first-order chi connectivity index (χ1) is 14.1. The zero-order chi connectivity index (χ0) is 20.5. The average Bonchev–Trinajstić information content (AvgIpc) is 3.27. The van der Waals surface area contributed by atoms with E-state index in [1.807, 2.05) is 18.2 Å². The van der Waals surface area contributed by atoms with Crippen molar-refractivity contribution >= 4 is 11.6 Å². The molecule has 0 spiro atoms. The highest BCUT2D eigenvalue weighted by Gasteiger charge is 2.23. The summed E-state index contributed by atoms with van der Waals surface area (Å²) in [6.45, 7) is 2.94. The molecule has 1 saturated heterocycles. The van der Waals surface area contributed by atoms with Crippen LogP contribution < -0.4 is 10.1 Å². The van der Waals surface area contributed by atoms with E-state index in [1.165, 1.54) is 24.5 Å². The van der Waals surface area contributed by atoms with E-state index in [-0.39, 0.29) is 30.0 Å². The Balaban J connectivity index is 1.44. The van der Waals surface area contributed by atoms with Crippen molar-refractivity contribution in [1.82, 2.24) is 10.2 Å². The molecule has 154 valence electrons. The Morgan fingerprint density at radius 1 is 1.10 bits per heavy atom. The fourth-order valence-electron chi connectivity index (χ4n) is 3.63. The van der Waals surface area contributed by atoms with Gasteiger partial charge in [-0.05, 0) is 44.0 Å². The molecular formula is C22H27N3O4. The number of likely N-dealkylation sites (tertiary alicyclic amines) is 1. The molecule has 1 atom stereocenters. The lowest BCUT2D eigenvalue weighted by atomic mass is 10.1. The highest BCUT2D eigenvalue weighted by molar-refractivity contribution is 5.75.